The first kappa shape index (κ1) is 6.77. The molecule has 2 heterocycles. The Morgan fingerprint density at radius 2 is 1.09 bits per heavy atom. The second-order valence-electron chi connectivity index (χ2n) is 1.67. The average Bonchev–Trinajstić information content (AvgIpc) is 2.60. The molecular weight excluding hydrogens is 235 g/mol. The monoisotopic (exact) mass is 238 g/mol. The van der Waals surface area contributed by atoms with E-state index >= 15 is 0 Å². The summed E-state index contributed by atoms with van der Waals surface area (Å²) in [5.41, 5.74) is 0. The van der Waals surface area contributed by atoms with Crippen molar-refractivity contribution in [3.8, 4) is 0 Å². The number of hydrogen-bond acceptors (Lipinski definition) is 4. The van der Waals surface area contributed by atoms with E-state index in [-0.39, 0.29) is 17.1 Å². The van der Waals surface area contributed by atoms with Crippen LogP contribution in [0.5, 0.6) is 0 Å². The fraction of sp³-hybridized carbons (Fsp3) is 0. The zero-order valence-electron chi connectivity index (χ0n) is 5.41. The van der Waals surface area contributed by atoms with Crippen LogP contribution >= 0.6 is 0 Å². The van der Waals surface area contributed by atoms with E-state index < -0.39 is 0 Å². The van der Waals surface area contributed by atoms with Gasteiger partial charge in [-0.25, -0.2) is 0 Å². The topological polar surface area (TPSA) is 49.4 Å². The molecule has 0 saturated heterocycles. The number of aliphatic imine (C=N–C) groups is 4. The average molecular weight is 239 g/mol. The number of rotatable bonds is 0. The van der Waals surface area contributed by atoms with Crippen LogP contribution in [-0.4, -0.2) is 33.3 Å². The van der Waals surface area contributed by atoms with Gasteiger partial charge in [0.25, 0.3) is 0 Å². The standard InChI is InChI=1S/2C3H2N2.Pd/c2*1-2-5-3-4-1;/h2*1-2H;. The number of nitrogens with zero attached hydrogens (tertiary/aromatic N) is 4. The molecule has 0 aliphatic carbocycles. The summed E-state index contributed by atoms with van der Waals surface area (Å²) in [4.78, 5) is 16.1. The Labute approximate surface area is 70.7 Å². The quantitative estimate of drug-likeness (QED) is 0.514. The first-order chi connectivity index (χ1) is 5.45. The van der Waals surface area contributed by atoms with Crippen molar-refractivity contribution >= 4 is 33.3 Å². The van der Waals surface area contributed by atoms with Gasteiger partial charge in [0.1, 0.15) is 0 Å². The molecule has 0 saturated carbocycles. The Balaban J connectivity index is 2.44. The molecule has 0 spiro atoms. The molecule has 11 heavy (non-hydrogen) atoms. The van der Waals surface area contributed by atoms with Gasteiger partial charge in [-0.3, -0.25) is 0 Å². The van der Waals surface area contributed by atoms with Gasteiger partial charge < -0.3 is 0 Å². The zero-order valence-corrected chi connectivity index (χ0v) is 6.97. The first-order valence-electron chi connectivity index (χ1n) is 2.91. The summed E-state index contributed by atoms with van der Waals surface area (Å²) < 4.78 is 1.65. The molecular formula is C6H4N4Pd. The van der Waals surface area contributed by atoms with Crippen LogP contribution in [0.3, 0.4) is 0 Å². The van der Waals surface area contributed by atoms with E-state index in [9.17, 15) is 0 Å². The molecule has 2 aliphatic heterocycles. The van der Waals surface area contributed by atoms with Crippen LogP contribution < -0.4 is 0 Å². The van der Waals surface area contributed by atoms with Gasteiger partial charge >= 0.3 is 70.4 Å². The van der Waals surface area contributed by atoms with Crippen molar-refractivity contribution in [2.24, 2.45) is 20.0 Å². The Kier molecular flexibility index (Phi) is 1.84. The van der Waals surface area contributed by atoms with Crippen molar-refractivity contribution in [2.45, 2.75) is 0 Å². The van der Waals surface area contributed by atoms with Crippen LogP contribution in [0.4, 0.5) is 0 Å². The third kappa shape index (κ3) is 1.56. The number of hydrogen-bond donors (Lipinski definition) is 0. The van der Waals surface area contributed by atoms with Gasteiger partial charge in [0, 0.05) is 0 Å². The normalized spacial score (nSPS) is 19.6. The Bertz CT molecular complexity index is 295. The van der Waals surface area contributed by atoms with E-state index in [1.165, 1.54) is 0 Å². The van der Waals surface area contributed by atoms with E-state index in [0.29, 0.717) is 0 Å². The van der Waals surface area contributed by atoms with Crippen LogP contribution in [0.1, 0.15) is 0 Å². The first-order valence-corrected chi connectivity index (χ1v) is 4.46. The van der Waals surface area contributed by atoms with E-state index in [0.717, 1.165) is 8.46 Å². The van der Waals surface area contributed by atoms with Crippen LogP contribution in [0.2, 0.25) is 0 Å². The molecule has 0 atom stereocenters. The molecule has 5 heteroatoms. The summed E-state index contributed by atoms with van der Waals surface area (Å²) in [5.74, 6) is 0. The van der Waals surface area contributed by atoms with Crippen LogP contribution in [-0.2, 0) is 17.1 Å². The van der Waals surface area contributed by atoms with Crippen LogP contribution in [0.15, 0.2) is 20.0 Å². The molecule has 2 rings (SSSR count). The third-order valence-corrected chi connectivity index (χ3v) is 2.47. The molecule has 0 aromatic carbocycles. The van der Waals surface area contributed by atoms with Gasteiger partial charge in [-0.2, -0.15) is 0 Å². The molecule has 0 bridgehead atoms. The second kappa shape index (κ2) is 2.99. The molecule has 0 amide bonds. The van der Waals surface area contributed by atoms with Gasteiger partial charge in [0.05, 0.1) is 0 Å². The van der Waals surface area contributed by atoms with E-state index in [1.807, 2.05) is 0 Å². The van der Waals surface area contributed by atoms with Gasteiger partial charge in [-0.05, 0) is 0 Å². The zero-order chi connectivity index (χ0) is 7.52. The van der Waals surface area contributed by atoms with E-state index in [1.54, 1.807) is 24.9 Å². The van der Waals surface area contributed by atoms with Gasteiger partial charge in [-0.1, -0.05) is 0 Å². The van der Waals surface area contributed by atoms with E-state index in [2.05, 4.69) is 20.0 Å². The maximum absolute atomic E-state index is 4.02. The van der Waals surface area contributed by atoms with Crippen molar-refractivity contribution in [1.82, 2.24) is 0 Å². The molecule has 2 aliphatic rings. The van der Waals surface area contributed by atoms with Crippen molar-refractivity contribution in [3.63, 3.8) is 0 Å². The molecule has 0 aromatic rings. The van der Waals surface area contributed by atoms with Gasteiger partial charge in [0.2, 0.25) is 0 Å². The molecule has 4 nitrogen and oxygen atoms in total. The summed E-state index contributed by atoms with van der Waals surface area (Å²) in [6, 6.07) is 0. The summed E-state index contributed by atoms with van der Waals surface area (Å²) in [7, 11) is 0. The van der Waals surface area contributed by atoms with Crippen molar-refractivity contribution < 1.29 is 17.1 Å². The fourth-order valence-corrected chi connectivity index (χ4v) is 1.75. The molecule has 0 N–H and O–H groups in total. The fourth-order valence-electron chi connectivity index (χ4n) is 0.573. The van der Waals surface area contributed by atoms with Gasteiger partial charge in [0.15, 0.2) is 0 Å². The maximum atomic E-state index is 4.02. The summed E-state index contributed by atoms with van der Waals surface area (Å²) in [6.45, 7) is 0. The van der Waals surface area contributed by atoms with Crippen LogP contribution in [0, 0.1) is 0 Å². The second-order valence-corrected chi connectivity index (χ2v) is 3.45. The van der Waals surface area contributed by atoms with Crippen molar-refractivity contribution in [3.05, 3.63) is 0 Å². The van der Waals surface area contributed by atoms with Gasteiger partial charge in [-0.15, -0.1) is 0 Å². The third-order valence-electron chi connectivity index (χ3n) is 0.967. The van der Waals surface area contributed by atoms with Crippen LogP contribution in [0.25, 0.3) is 0 Å². The molecule has 0 aromatic heterocycles. The Morgan fingerprint density at radius 3 is 1.45 bits per heavy atom. The summed E-state index contributed by atoms with van der Waals surface area (Å²) in [5, 5.41) is 0. The SMILES string of the molecule is C1=N[C](=[Pd]=[C]2N=CC=N2)N=C1. The summed E-state index contributed by atoms with van der Waals surface area (Å²) >= 11 is 0.186. The minimum atomic E-state index is 0.186. The predicted octanol–water partition coefficient (Wildman–Crippen LogP) is -0.446. The molecule has 0 fully saturated rings. The summed E-state index contributed by atoms with van der Waals surface area (Å²) in [6.07, 6.45) is 6.71. The Morgan fingerprint density at radius 1 is 0.727 bits per heavy atom. The molecule has 0 radical (unpaired) electrons. The van der Waals surface area contributed by atoms with Crippen molar-refractivity contribution in [1.29, 1.82) is 0 Å². The predicted molar refractivity (Wildman–Crippen MR) is 44.0 cm³/mol. The molecule has 58 valence electrons. The molecule has 0 unspecified atom stereocenters. The van der Waals surface area contributed by atoms with Crippen molar-refractivity contribution in [2.75, 3.05) is 0 Å². The van der Waals surface area contributed by atoms with E-state index in [4.69, 9.17) is 0 Å². The Hall–Kier alpha value is -0.918. The minimum absolute atomic E-state index is 0.186.